The normalized spacial score (nSPS) is 23.1. The van der Waals surface area contributed by atoms with Gasteiger partial charge in [0.2, 0.25) is 5.91 Å². The van der Waals surface area contributed by atoms with Crippen molar-refractivity contribution in [2.45, 2.75) is 71.9 Å². The molecule has 1 fully saturated rings. The fraction of sp³-hybridized carbons (Fsp3) is 0.737. The molecule has 0 saturated heterocycles. The van der Waals surface area contributed by atoms with Crippen molar-refractivity contribution >= 4 is 5.91 Å². The van der Waals surface area contributed by atoms with E-state index in [9.17, 15) is 18.7 Å². The van der Waals surface area contributed by atoms with Crippen molar-refractivity contribution in [3.05, 3.63) is 23.4 Å². The summed E-state index contributed by atoms with van der Waals surface area (Å²) >= 11 is 0. The number of hydrogen-bond acceptors (Lipinski definition) is 3. The third-order valence-corrected chi connectivity index (χ3v) is 4.96. The van der Waals surface area contributed by atoms with Crippen molar-refractivity contribution in [1.82, 2.24) is 10.2 Å². The second kappa shape index (κ2) is 9.32. The highest BCUT2D eigenvalue weighted by atomic mass is 19.1. The molecular weight excluding hydrogens is 326 g/mol. The van der Waals surface area contributed by atoms with E-state index in [0.717, 1.165) is 31.8 Å². The first-order chi connectivity index (χ1) is 11.5. The average molecular weight is 358 g/mol. The SMILES string of the molecule is C/C(=C(F)\C=C(/C)F)N(C)CCC(C)(C)C(=O)N[C@H]1CC[C@H](O)CC1. The Hall–Kier alpha value is -1.43. The Balaban J connectivity index is 2.56. The molecular formula is C19H32F2N2O2. The smallest absolute Gasteiger partial charge is 0.225 e. The minimum Gasteiger partial charge on any atom is -0.393 e. The third-order valence-electron chi connectivity index (χ3n) is 4.96. The fourth-order valence-corrected chi connectivity index (χ4v) is 2.79. The Morgan fingerprint density at radius 1 is 1.24 bits per heavy atom. The van der Waals surface area contributed by atoms with Crippen LogP contribution in [0.15, 0.2) is 23.4 Å². The van der Waals surface area contributed by atoms with E-state index in [-0.39, 0.29) is 18.1 Å². The Labute approximate surface area is 150 Å². The van der Waals surface area contributed by atoms with Crippen molar-refractivity contribution in [2.24, 2.45) is 5.41 Å². The number of nitrogens with one attached hydrogen (secondary N) is 1. The molecule has 0 aromatic heterocycles. The van der Waals surface area contributed by atoms with E-state index >= 15 is 0 Å². The summed E-state index contributed by atoms with van der Waals surface area (Å²) in [5.41, 5.74) is -0.248. The first kappa shape index (κ1) is 21.6. The zero-order valence-corrected chi connectivity index (χ0v) is 16.0. The molecule has 0 heterocycles. The zero-order chi connectivity index (χ0) is 19.2. The van der Waals surface area contributed by atoms with Gasteiger partial charge in [-0.15, -0.1) is 0 Å². The maximum atomic E-state index is 13.8. The number of nitrogens with zero attached hydrogens (tertiary/aromatic N) is 1. The van der Waals surface area contributed by atoms with Gasteiger partial charge in [-0.1, -0.05) is 13.8 Å². The lowest BCUT2D eigenvalue weighted by molar-refractivity contribution is -0.131. The highest BCUT2D eigenvalue weighted by Crippen LogP contribution is 2.25. The second-order valence-electron chi connectivity index (χ2n) is 7.70. The number of carbonyl (C=O) groups excluding carboxylic acids is 1. The van der Waals surface area contributed by atoms with Crippen LogP contribution in [-0.4, -0.2) is 41.7 Å². The molecule has 0 bridgehead atoms. The maximum absolute atomic E-state index is 13.8. The summed E-state index contributed by atoms with van der Waals surface area (Å²) in [6.45, 7) is 7.02. The molecule has 1 amide bonds. The topological polar surface area (TPSA) is 52.6 Å². The molecule has 1 rings (SSSR count). The lowest BCUT2D eigenvalue weighted by Crippen LogP contribution is -2.45. The van der Waals surface area contributed by atoms with E-state index in [1.54, 1.807) is 18.9 Å². The monoisotopic (exact) mass is 358 g/mol. The standard InChI is InChI=1S/C19H32F2N2O2/c1-13(20)12-17(21)14(2)23(5)11-10-19(3,4)18(25)22-15-6-8-16(24)9-7-15/h12,15-16,24H,6-11H2,1-5H3,(H,22,25)/b13-12+,17-14-/t15-,16-. The van der Waals surface area contributed by atoms with Crippen LogP contribution in [0.5, 0.6) is 0 Å². The molecule has 0 aliphatic heterocycles. The number of allylic oxidation sites excluding steroid dienone is 4. The van der Waals surface area contributed by atoms with Crippen molar-refractivity contribution in [1.29, 1.82) is 0 Å². The molecule has 0 aromatic rings. The minimum atomic E-state index is -0.606. The van der Waals surface area contributed by atoms with Crippen molar-refractivity contribution in [2.75, 3.05) is 13.6 Å². The van der Waals surface area contributed by atoms with Gasteiger partial charge in [-0.25, -0.2) is 8.78 Å². The highest BCUT2D eigenvalue weighted by molar-refractivity contribution is 5.82. The van der Waals surface area contributed by atoms with E-state index in [0.29, 0.717) is 18.7 Å². The summed E-state index contributed by atoms with van der Waals surface area (Å²) in [5.74, 6) is -1.21. The zero-order valence-electron chi connectivity index (χ0n) is 16.0. The Bertz CT molecular complexity index is 518. The summed E-state index contributed by atoms with van der Waals surface area (Å²) in [5, 5.41) is 12.6. The minimum absolute atomic E-state index is 0.0242. The number of aliphatic hydroxyl groups excluding tert-OH is 1. The molecule has 0 radical (unpaired) electrons. The summed E-state index contributed by atoms with van der Waals surface area (Å²) in [7, 11) is 1.73. The summed E-state index contributed by atoms with van der Waals surface area (Å²) in [4.78, 5) is 14.2. The molecule has 0 atom stereocenters. The van der Waals surface area contributed by atoms with Gasteiger partial charge in [0.1, 0.15) is 5.83 Å². The number of carbonyl (C=O) groups is 1. The van der Waals surface area contributed by atoms with E-state index in [1.165, 1.54) is 6.92 Å². The maximum Gasteiger partial charge on any atom is 0.225 e. The molecule has 2 N–H and O–H groups in total. The average Bonchev–Trinajstić information content (AvgIpc) is 2.53. The number of hydrogen-bond donors (Lipinski definition) is 2. The Morgan fingerprint density at radius 2 is 1.80 bits per heavy atom. The van der Waals surface area contributed by atoms with Crippen LogP contribution >= 0.6 is 0 Å². The third kappa shape index (κ3) is 7.14. The van der Waals surface area contributed by atoms with Gasteiger partial charge in [-0.3, -0.25) is 4.79 Å². The number of rotatable bonds is 7. The van der Waals surface area contributed by atoms with Gasteiger partial charge in [-0.05, 0) is 46.0 Å². The van der Waals surface area contributed by atoms with Gasteiger partial charge < -0.3 is 15.3 Å². The van der Waals surface area contributed by atoms with Gasteiger partial charge in [0.15, 0.2) is 0 Å². The Morgan fingerprint density at radius 3 is 2.32 bits per heavy atom. The van der Waals surface area contributed by atoms with Crippen LogP contribution < -0.4 is 5.32 Å². The van der Waals surface area contributed by atoms with Crippen LogP contribution in [0.2, 0.25) is 0 Å². The second-order valence-corrected chi connectivity index (χ2v) is 7.70. The molecule has 25 heavy (non-hydrogen) atoms. The van der Waals surface area contributed by atoms with Gasteiger partial charge in [0, 0.05) is 36.8 Å². The molecule has 144 valence electrons. The van der Waals surface area contributed by atoms with Gasteiger partial charge in [0.05, 0.1) is 11.9 Å². The van der Waals surface area contributed by atoms with Crippen molar-refractivity contribution in [3.8, 4) is 0 Å². The van der Waals surface area contributed by atoms with Gasteiger partial charge >= 0.3 is 0 Å². The van der Waals surface area contributed by atoms with E-state index in [1.807, 2.05) is 13.8 Å². The summed E-state index contributed by atoms with van der Waals surface area (Å²) in [6, 6.07) is 0.115. The van der Waals surface area contributed by atoms with Crippen LogP contribution in [0.1, 0.15) is 59.8 Å². The molecule has 0 unspecified atom stereocenters. The van der Waals surface area contributed by atoms with E-state index < -0.39 is 17.1 Å². The van der Waals surface area contributed by atoms with Crippen LogP contribution in [0.3, 0.4) is 0 Å². The number of amides is 1. The highest BCUT2D eigenvalue weighted by Gasteiger charge is 2.30. The largest absolute Gasteiger partial charge is 0.393 e. The van der Waals surface area contributed by atoms with Crippen LogP contribution in [0.25, 0.3) is 0 Å². The first-order valence-corrected chi connectivity index (χ1v) is 8.93. The predicted molar refractivity (Wildman–Crippen MR) is 96.1 cm³/mol. The Kier molecular flexibility index (Phi) is 8.06. The van der Waals surface area contributed by atoms with Crippen LogP contribution in [0, 0.1) is 5.41 Å². The molecule has 0 aromatic carbocycles. The van der Waals surface area contributed by atoms with Crippen molar-refractivity contribution in [3.63, 3.8) is 0 Å². The van der Waals surface area contributed by atoms with Crippen LogP contribution in [-0.2, 0) is 4.79 Å². The fourth-order valence-electron chi connectivity index (χ4n) is 2.79. The first-order valence-electron chi connectivity index (χ1n) is 8.93. The number of aliphatic hydroxyl groups is 1. The van der Waals surface area contributed by atoms with Crippen molar-refractivity contribution < 1.29 is 18.7 Å². The predicted octanol–water partition coefficient (Wildman–Crippen LogP) is 3.83. The van der Waals surface area contributed by atoms with Gasteiger partial charge in [-0.2, -0.15) is 0 Å². The summed E-state index contributed by atoms with van der Waals surface area (Å²) < 4.78 is 26.6. The van der Waals surface area contributed by atoms with Gasteiger partial charge in [0.25, 0.3) is 0 Å². The molecule has 1 aliphatic rings. The van der Waals surface area contributed by atoms with E-state index in [2.05, 4.69) is 5.32 Å². The number of halogens is 2. The lowest BCUT2D eigenvalue weighted by Gasteiger charge is -2.32. The lowest BCUT2D eigenvalue weighted by atomic mass is 9.86. The molecule has 1 aliphatic carbocycles. The molecule has 6 heteroatoms. The molecule has 4 nitrogen and oxygen atoms in total. The molecule has 0 spiro atoms. The van der Waals surface area contributed by atoms with Crippen LogP contribution in [0.4, 0.5) is 8.78 Å². The van der Waals surface area contributed by atoms with E-state index in [4.69, 9.17) is 0 Å². The molecule has 1 saturated carbocycles. The quantitative estimate of drug-likeness (QED) is 0.680. The summed E-state index contributed by atoms with van der Waals surface area (Å²) in [6.07, 6.45) is 4.20.